The van der Waals surface area contributed by atoms with E-state index in [0.29, 0.717) is 45.9 Å². The molecule has 9 rings (SSSR count). The normalized spacial score (nSPS) is 11.6. The fraction of sp³-hybridized carbons (Fsp3) is 0.0476. The molecule has 0 fully saturated rings. The number of benzene rings is 4. The molecule has 0 aliphatic heterocycles. The quantitative estimate of drug-likeness (QED) is 0.147. The summed E-state index contributed by atoms with van der Waals surface area (Å²) in [6.07, 6.45) is 8.38. The summed E-state index contributed by atoms with van der Waals surface area (Å²) in [6.45, 7) is 7.78. The van der Waals surface area contributed by atoms with Gasteiger partial charge in [0.25, 0.3) is 0 Å². The van der Waals surface area contributed by atoms with Crippen molar-refractivity contribution >= 4 is 34.6 Å². The van der Waals surface area contributed by atoms with E-state index in [1.165, 1.54) is 0 Å². The van der Waals surface area contributed by atoms with Gasteiger partial charge < -0.3 is 0 Å². The van der Waals surface area contributed by atoms with Gasteiger partial charge in [0.2, 0.25) is 0 Å². The van der Waals surface area contributed by atoms with E-state index in [0.717, 1.165) is 45.1 Å². The number of imidazole rings is 3. The summed E-state index contributed by atoms with van der Waals surface area (Å²) in [5.74, 6) is 2.61. The van der Waals surface area contributed by atoms with Crippen molar-refractivity contribution in [2.75, 3.05) is 0 Å². The number of aryl methyl sites for hydroxylation is 1. The molecule has 0 unspecified atom stereocenters. The molecular formula is C42H31N11. The summed E-state index contributed by atoms with van der Waals surface area (Å²) in [5.41, 5.74) is 9.23. The van der Waals surface area contributed by atoms with Gasteiger partial charge in [0.15, 0.2) is 28.4 Å². The van der Waals surface area contributed by atoms with Crippen LogP contribution >= 0.6 is 0 Å². The Kier molecular flexibility index (Phi) is 7.77. The smallest absolute Gasteiger partial charge is 0.198 e. The predicted molar refractivity (Wildman–Crippen MR) is 208 cm³/mol. The fourth-order valence-corrected chi connectivity index (χ4v) is 6.62. The largest absolute Gasteiger partial charge is 0.295 e. The standard InChI is InChI=1S/C42H31N11/c1-4-20-43-35-28(3)51(32-14-8-5-9-15-32)38(48-35)29-23-30(39-49-36-41(45-22-21-44-36)52(39)33-16-10-6-11-17-33)25-31(24-29)40-50-37-42(47-27(2)26-46-37)53(40)34-18-12-7-13-19-34/h4-26H,1H2,2-3H3/b43-20-. The number of para-hydroxylation sites is 3. The highest BCUT2D eigenvalue weighted by Crippen LogP contribution is 2.38. The highest BCUT2D eigenvalue weighted by molar-refractivity contribution is 5.85. The topological polar surface area (TPSA) is 117 Å². The SMILES string of the molecule is C=C/C=N\c1nc(-c2cc(-c3nc4nccnc4n3-c3ccccc3)cc(-c3nc4ncc(C)nc4n3-c3ccccc3)c2)n(-c2ccccc2)c1C. The van der Waals surface area contributed by atoms with Gasteiger partial charge in [0.1, 0.15) is 17.5 Å². The number of fused-ring (bicyclic) bond motifs is 2. The van der Waals surface area contributed by atoms with Gasteiger partial charge in [-0.3, -0.25) is 13.7 Å². The van der Waals surface area contributed by atoms with E-state index in [4.69, 9.17) is 24.9 Å². The molecule has 0 saturated carbocycles. The Morgan fingerprint density at radius 1 is 0.547 bits per heavy atom. The lowest BCUT2D eigenvalue weighted by Crippen LogP contribution is -2.03. The number of allylic oxidation sites excluding steroid dienone is 1. The van der Waals surface area contributed by atoms with Gasteiger partial charge >= 0.3 is 0 Å². The van der Waals surface area contributed by atoms with Gasteiger partial charge in [-0.15, -0.1) is 0 Å². The zero-order valence-electron chi connectivity index (χ0n) is 28.9. The average molecular weight is 690 g/mol. The number of hydrogen-bond donors (Lipinski definition) is 0. The Bertz CT molecular complexity index is 2810. The van der Waals surface area contributed by atoms with Crippen LogP contribution in [0.5, 0.6) is 0 Å². The van der Waals surface area contributed by atoms with Gasteiger partial charge in [-0.05, 0) is 68.4 Å². The Balaban J connectivity index is 1.39. The highest BCUT2D eigenvalue weighted by Gasteiger charge is 2.24. The Hall–Kier alpha value is -7.40. The molecule has 0 N–H and O–H groups in total. The van der Waals surface area contributed by atoms with Gasteiger partial charge in [-0.25, -0.2) is 39.9 Å². The predicted octanol–water partition coefficient (Wildman–Crippen LogP) is 8.64. The maximum Gasteiger partial charge on any atom is 0.198 e. The molecule has 0 aliphatic rings. The zero-order chi connectivity index (χ0) is 35.9. The first kappa shape index (κ1) is 31.6. The second kappa shape index (κ2) is 13.1. The minimum atomic E-state index is 0.529. The molecule has 0 atom stereocenters. The van der Waals surface area contributed by atoms with Crippen LogP contribution in [0.3, 0.4) is 0 Å². The molecule has 9 aromatic rings. The van der Waals surface area contributed by atoms with Crippen molar-refractivity contribution in [2.24, 2.45) is 4.99 Å². The van der Waals surface area contributed by atoms with Crippen molar-refractivity contribution < 1.29 is 0 Å². The molecule has 11 nitrogen and oxygen atoms in total. The van der Waals surface area contributed by atoms with E-state index < -0.39 is 0 Å². The monoisotopic (exact) mass is 689 g/mol. The molecule has 11 heteroatoms. The van der Waals surface area contributed by atoms with Crippen LogP contribution in [0.25, 0.3) is 73.8 Å². The summed E-state index contributed by atoms with van der Waals surface area (Å²) in [7, 11) is 0. The molecule has 0 bridgehead atoms. The van der Waals surface area contributed by atoms with Crippen LogP contribution in [0, 0.1) is 13.8 Å². The van der Waals surface area contributed by atoms with E-state index in [1.54, 1.807) is 30.9 Å². The number of aromatic nitrogens is 10. The van der Waals surface area contributed by atoms with Gasteiger partial charge in [-0.2, -0.15) is 0 Å². The Morgan fingerprint density at radius 3 is 1.60 bits per heavy atom. The highest BCUT2D eigenvalue weighted by atomic mass is 15.2. The third-order valence-corrected chi connectivity index (χ3v) is 8.92. The maximum atomic E-state index is 5.14. The molecule has 5 aromatic heterocycles. The van der Waals surface area contributed by atoms with Crippen molar-refractivity contribution in [3.05, 3.63) is 152 Å². The summed E-state index contributed by atoms with van der Waals surface area (Å²) < 4.78 is 6.21. The summed E-state index contributed by atoms with van der Waals surface area (Å²) >= 11 is 0. The van der Waals surface area contributed by atoms with Crippen LogP contribution in [0.2, 0.25) is 0 Å². The van der Waals surface area contributed by atoms with E-state index in [2.05, 4.69) is 61.0 Å². The fourth-order valence-electron chi connectivity index (χ4n) is 6.62. The molecule has 0 radical (unpaired) electrons. The molecule has 0 spiro atoms. The Morgan fingerprint density at radius 2 is 1.04 bits per heavy atom. The van der Waals surface area contributed by atoms with Crippen molar-refractivity contribution in [3.8, 4) is 51.2 Å². The minimum absolute atomic E-state index is 0.529. The summed E-state index contributed by atoms with van der Waals surface area (Å²) in [6, 6.07) is 36.6. The lowest BCUT2D eigenvalue weighted by Gasteiger charge is -2.15. The second-order valence-electron chi connectivity index (χ2n) is 12.4. The van der Waals surface area contributed by atoms with Crippen molar-refractivity contribution in [3.63, 3.8) is 0 Å². The average Bonchev–Trinajstić information content (AvgIpc) is 3.89. The van der Waals surface area contributed by atoms with E-state index >= 15 is 0 Å². The molecule has 254 valence electrons. The minimum Gasteiger partial charge on any atom is -0.295 e. The van der Waals surface area contributed by atoms with Crippen molar-refractivity contribution in [1.82, 2.24) is 48.6 Å². The number of hydrogen-bond acceptors (Lipinski definition) is 8. The summed E-state index contributed by atoms with van der Waals surface area (Å²) in [5, 5.41) is 0. The zero-order valence-corrected chi connectivity index (χ0v) is 28.9. The lowest BCUT2D eigenvalue weighted by atomic mass is 10.0. The molecular weight excluding hydrogens is 659 g/mol. The van der Waals surface area contributed by atoms with Gasteiger partial charge in [0.05, 0.1) is 17.6 Å². The van der Waals surface area contributed by atoms with Crippen LogP contribution in [0.1, 0.15) is 11.4 Å². The molecule has 53 heavy (non-hydrogen) atoms. The van der Waals surface area contributed by atoms with Crippen LogP contribution in [0.4, 0.5) is 5.82 Å². The Labute approximate surface area is 304 Å². The summed E-state index contributed by atoms with van der Waals surface area (Å²) in [4.78, 5) is 38.9. The molecule has 0 saturated heterocycles. The lowest BCUT2D eigenvalue weighted by molar-refractivity contribution is 1.01. The molecule has 4 aromatic carbocycles. The third kappa shape index (κ3) is 5.56. The maximum absolute atomic E-state index is 5.14. The first-order chi connectivity index (χ1) is 26.1. The van der Waals surface area contributed by atoms with Crippen LogP contribution in [0.15, 0.2) is 145 Å². The van der Waals surface area contributed by atoms with Crippen molar-refractivity contribution in [1.29, 1.82) is 0 Å². The molecule has 5 heterocycles. The number of nitrogens with zero attached hydrogens (tertiary/aromatic N) is 11. The second-order valence-corrected chi connectivity index (χ2v) is 12.4. The van der Waals surface area contributed by atoms with Crippen LogP contribution < -0.4 is 0 Å². The third-order valence-electron chi connectivity index (χ3n) is 8.92. The molecule has 0 aliphatic carbocycles. The van der Waals surface area contributed by atoms with E-state index in [1.807, 2.05) is 97.3 Å². The first-order valence-corrected chi connectivity index (χ1v) is 17.1. The number of aliphatic imine (C=N–C) groups is 1. The first-order valence-electron chi connectivity index (χ1n) is 17.1. The van der Waals surface area contributed by atoms with Crippen LogP contribution in [-0.2, 0) is 0 Å². The van der Waals surface area contributed by atoms with Crippen molar-refractivity contribution in [2.45, 2.75) is 13.8 Å². The number of rotatable bonds is 8. The van der Waals surface area contributed by atoms with Gasteiger partial charge in [0, 0.05) is 52.4 Å². The van der Waals surface area contributed by atoms with Crippen LogP contribution in [-0.4, -0.2) is 54.8 Å². The molecule has 0 amide bonds. The van der Waals surface area contributed by atoms with E-state index in [-0.39, 0.29) is 0 Å². The van der Waals surface area contributed by atoms with Gasteiger partial charge in [-0.1, -0.05) is 67.3 Å². The van der Waals surface area contributed by atoms with E-state index in [9.17, 15) is 0 Å².